The van der Waals surface area contributed by atoms with Gasteiger partial charge in [0.25, 0.3) is 0 Å². The maximum atomic E-state index is 11.0. The van der Waals surface area contributed by atoms with Crippen LogP contribution in [0.1, 0.15) is 18.4 Å². The summed E-state index contributed by atoms with van der Waals surface area (Å²) in [6.07, 6.45) is 0. The minimum atomic E-state index is -0.902. The molecule has 1 unspecified atom stereocenters. The number of hydrogen-bond acceptors (Lipinski definition) is 2. The van der Waals surface area contributed by atoms with Crippen molar-refractivity contribution in [2.24, 2.45) is 0 Å². The van der Waals surface area contributed by atoms with E-state index in [-0.39, 0.29) is 11.8 Å². The number of carbonyl (C=O) groups is 2. The van der Waals surface area contributed by atoms with Crippen molar-refractivity contribution in [1.29, 1.82) is 0 Å². The monoisotopic (exact) mass is 241 g/mol. The molecule has 0 aromatic heterocycles. The molecule has 0 fully saturated rings. The second-order valence-corrected chi connectivity index (χ2v) is 3.63. The molecule has 16 heavy (non-hydrogen) atoms. The summed E-state index contributed by atoms with van der Waals surface area (Å²) in [5.74, 6) is -1.95. The van der Waals surface area contributed by atoms with Crippen molar-refractivity contribution in [3.63, 3.8) is 0 Å². The van der Waals surface area contributed by atoms with Crippen LogP contribution in [0.25, 0.3) is 0 Å². The Hall–Kier alpha value is -1.55. The average molecular weight is 242 g/mol. The topological polar surface area (TPSA) is 66.4 Å². The largest absolute Gasteiger partial charge is 0.481 e. The van der Waals surface area contributed by atoms with Crippen molar-refractivity contribution in [2.45, 2.75) is 12.8 Å². The minimum absolute atomic E-state index is 0.126. The molecule has 86 valence electrons. The lowest BCUT2D eigenvalue weighted by Crippen LogP contribution is -2.13. The lowest BCUT2D eigenvalue weighted by molar-refractivity contribution is -0.138. The summed E-state index contributed by atoms with van der Waals surface area (Å²) in [6, 6.07) is 6.71. The number of benzene rings is 1. The van der Waals surface area contributed by atoms with Crippen LogP contribution in [0, 0.1) is 0 Å². The molecule has 1 atom stereocenters. The third-order valence-corrected chi connectivity index (χ3v) is 2.40. The van der Waals surface area contributed by atoms with E-state index in [4.69, 9.17) is 16.7 Å². The predicted octanol–water partition coefficient (Wildman–Crippen LogP) is 2.05. The summed E-state index contributed by atoms with van der Waals surface area (Å²) in [5, 5.41) is 11.4. The van der Waals surface area contributed by atoms with Crippen molar-refractivity contribution in [3.05, 3.63) is 29.8 Å². The van der Waals surface area contributed by atoms with Crippen molar-refractivity contribution in [2.75, 3.05) is 11.2 Å². The molecular weight excluding hydrogens is 230 g/mol. The number of hydrogen-bond donors (Lipinski definition) is 2. The average Bonchev–Trinajstić information content (AvgIpc) is 2.28. The van der Waals surface area contributed by atoms with E-state index in [1.54, 1.807) is 31.2 Å². The molecule has 0 saturated carbocycles. The molecule has 2 N–H and O–H groups in total. The van der Waals surface area contributed by atoms with Gasteiger partial charge in [0.15, 0.2) is 0 Å². The summed E-state index contributed by atoms with van der Waals surface area (Å²) in [4.78, 5) is 21.8. The molecule has 0 spiro atoms. The van der Waals surface area contributed by atoms with Gasteiger partial charge in [0.05, 0.1) is 5.92 Å². The third kappa shape index (κ3) is 3.24. The zero-order valence-electron chi connectivity index (χ0n) is 8.74. The van der Waals surface area contributed by atoms with Gasteiger partial charge in [0.1, 0.15) is 5.88 Å². The van der Waals surface area contributed by atoms with E-state index in [1.165, 1.54) is 0 Å². The van der Waals surface area contributed by atoms with Gasteiger partial charge in [-0.3, -0.25) is 9.59 Å². The number of anilines is 1. The third-order valence-electron chi connectivity index (χ3n) is 2.16. The number of carboxylic acid groups (broad SMARTS) is 1. The van der Waals surface area contributed by atoms with Gasteiger partial charge in [-0.15, -0.1) is 11.6 Å². The number of amides is 1. The normalized spacial score (nSPS) is 11.9. The first-order chi connectivity index (χ1) is 7.54. The Morgan fingerprint density at radius 3 is 2.75 bits per heavy atom. The smallest absolute Gasteiger partial charge is 0.310 e. The van der Waals surface area contributed by atoms with Crippen molar-refractivity contribution < 1.29 is 14.7 Å². The molecule has 1 aromatic carbocycles. The van der Waals surface area contributed by atoms with Crippen molar-refractivity contribution >= 4 is 29.2 Å². The van der Waals surface area contributed by atoms with E-state index >= 15 is 0 Å². The Kier molecular flexibility index (Phi) is 4.31. The van der Waals surface area contributed by atoms with Crippen LogP contribution in [0.4, 0.5) is 5.69 Å². The highest BCUT2D eigenvalue weighted by atomic mass is 35.5. The van der Waals surface area contributed by atoms with Gasteiger partial charge in [0, 0.05) is 5.69 Å². The van der Waals surface area contributed by atoms with E-state index in [0.29, 0.717) is 11.3 Å². The molecule has 0 bridgehead atoms. The predicted molar refractivity (Wildman–Crippen MR) is 61.8 cm³/mol. The molecule has 0 aliphatic rings. The quantitative estimate of drug-likeness (QED) is 0.793. The van der Waals surface area contributed by atoms with Crippen LogP contribution < -0.4 is 5.32 Å². The summed E-state index contributed by atoms with van der Waals surface area (Å²) in [6.45, 7) is 1.59. The fraction of sp³-hybridized carbons (Fsp3) is 0.273. The Morgan fingerprint density at radius 2 is 2.19 bits per heavy atom. The van der Waals surface area contributed by atoms with Crippen LogP contribution in [-0.2, 0) is 9.59 Å². The zero-order chi connectivity index (χ0) is 12.1. The van der Waals surface area contributed by atoms with Crippen molar-refractivity contribution in [3.8, 4) is 0 Å². The zero-order valence-corrected chi connectivity index (χ0v) is 9.49. The lowest BCUT2D eigenvalue weighted by Gasteiger charge is -2.09. The molecular formula is C11H12ClNO3. The Labute approximate surface area is 98.2 Å². The van der Waals surface area contributed by atoms with Crippen LogP contribution in [0.3, 0.4) is 0 Å². The molecule has 0 radical (unpaired) electrons. The Bertz CT molecular complexity index is 406. The van der Waals surface area contributed by atoms with Gasteiger partial charge in [-0.1, -0.05) is 12.1 Å². The summed E-state index contributed by atoms with van der Waals surface area (Å²) < 4.78 is 0. The van der Waals surface area contributed by atoms with Crippen molar-refractivity contribution in [1.82, 2.24) is 0 Å². The first kappa shape index (κ1) is 12.5. The SMILES string of the molecule is CC(C(=O)O)c1cccc(NC(=O)CCl)c1. The van der Waals surface area contributed by atoms with Gasteiger partial charge in [-0.2, -0.15) is 0 Å². The number of carboxylic acids is 1. The van der Waals surface area contributed by atoms with E-state index in [2.05, 4.69) is 5.32 Å². The van der Waals surface area contributed by atoms with E-state index in [0.717, 1.165) is 0 Å². The second-order valence-electron chi connectivity index (χ2n) is 3.37. The van der Waals surface area contributed by atoms with Gasteiger partial charge >= 0.3 is 5.97 Å². The van der Waals surface area contributed by atoms with Gasteiger partial charge in [0.2, 0.25) is 5.91 Å². The van der Waals surface area contributed by atoms with Crippen LogP contribution in [0.5, 0.6) is 0 Å². The molecule has 1 aromatic rings. The fourth-order valence-electron chi connectivity index (χ4n) is 1.22. The number of aliphatic carboxylic acids is 1. The summed E-state index contributed by atoms with van der Waals surface area (Å²) in [5.41, 5.74) is 1.19. The van der Waals surface area contributed by atoms with Gasteiger partial charge in [-0.25, -0.2) is 0 Å². The molecule has 5 heteroatoms. The number of halogens is 1. The first-order valence-electron chi connectivity index (χ1n) is 4.73. The Morgan fingerprint density at radius 1 is 1.50 bits per heavy atom. The standard InChI is InChI=1S/C11H12ClNO3/c1-7(11(15)16)8-3-2-4-9(5-8)13-10(14)6-12/h2-5,7H,6H2,1H3,(H,13,14)(H,15,16). The molecule has 0 saturated heterocycles. The van der Waals surface area contributed by atoms with E-state index in [1.807, 2.05) is 0 Å². The van der Waals surface area contributed by atoms with Crippen LogP contribution in [0.2, 0.25) is 0 Å². The highest BCUT2D eigenvalue weighted by Gasteiger charge is 2.13. The lowest BCUT2D eigenvalue weighted by atomic mass is 10.0. The summed E-state index contributed by atoms with van der Waals surface area (Å²) in [7, 11) is 0. The van der Waals surface area contributed by atoms with Crippen LogP contribution >= 0.6 is 11.6 Å². The first-order valence-corrected chi connectivity index (χ1v) is 5.26. The number of carbonyl (C=O) groups excluding carboxylic acids is 1. The number of alkyl halides is 1. The van der Waals surface area contributed by atoms with Crippen LogP contribution in [-0.4, -0.2) is 22.9 Å². The Balaban J connectivity index is 2.86. The van der Waals surface area contributed by atoms with Crippen LogP contribution in [0.15, 0.2) is 24.3 Å². The maximum Gasteiger partial charge on any atom is 0.310 e. The molecule has 1 rings (SSSR count). The maximum absolute atomic E-state index is 11.0. The molecule has 0 aliphatic heterocycles. The minimum Gasteiger partial charge on any atom is -0.481 e. The molecule has 0 aliphatic carbocycles. The fourth-order valence-corrected chi connectivity index (χ4v) is 1.29. The van der Waals surface area contributed by atoms with Gasteiger partial charge < -0.3 is 10.4 Å². The van der Waals surface area contributed by atoms with E-state index < -0.39 is 11.9 Å². The molecule has 1 amide bonds. The van der Waals surface area contributed by atoms with E-state index in [9.17, 15) is 9.59 Å². The summed E-state index contributed by atoms with van der Waals surface area (Å²) >= 11 is 5.35. The highest BCUT2D eigenvalue weighted by Crippen LogP contribution is 2.19. The molecule has 0 heterocycles. The van der Waals surface area contributed by atoms with Gasteiger partial charge in [-0.05, 0) is 24.6 Å². The molecule has 4 nitrogen and oxygen atoms in total. The highest BCUT2D eigenvalue weighted by molar-refractivity contribution is 6.29. The second kappa shape index (κ2) is 5.51. The number of rotatable bonds is 4. The number of nitrogens with one attached hydrogen (secondary N) is 1.